The van der Waals surface area contributed by atoms with Crippen LogP contribution < -0.4 is 11.5 Å². The number of ether oxygens (including phenoxy) is 1. The van der Waals surface area contributed by atoms with Gasteiger partial charge in [0.05, 0.1) is 19.1 Å². The molecular weight excluding hydrogens is 222 g/mol. The van der Waals surface area contributed by atoms with E-state index in [-0.39, 0.29) is 24.5 Å². The van der Waals surface area contributed by atoms with E-state index in [0.29, 0.717) is 19.6 Å². The number of nitrogens with zero attached hydrogens (tertiary/aromatic N) is 1. The lowest BCUT2D eigenvalue weighted by Crippen LogP contribution is -2.56. The molecule has 0 aromatic carbocycles. The fourth-order valence-corrected chi connectivity index (χ4v) is 2.23. The topological polar surface area (TPSA) is 98.7 Å². The average molecular weight is 239 g/mol. The third-order valence-corrected chi connectivity index (χ3v) is 3.17. The Bertz CT molecular complexity index is 356. The van der Waals surface area contributed by atoms with Crippen LogP contribution in [0.3, 0.4) is 0 Å². The highest BCUT2D eigenvalue weighted by atomic mass is 16.5. The van der Waals surface area contributed by atoms with Crippen molar-refractivity contribution in [1.29, 1.82) is 0 Å². The van der Waals surface area contributed by atoms with Gasteiger partial charge >= 0.3 is 0 Å². The second-order valence-corrected chi connectivity index (χ2v) is 4.42. The minimum atomic E-state index is -0.651. The molecule has 1 heterocycles. The lowest BCUT2D eigenvalue weighted by Gasteiger charge is -2.35. The molecule has 4 N–H and O–H groups in total. The number of carbonyl (C=O) groups excluding carboxylic acids is 2. The zero-order valence-electron chi connectivity index (χ0n) is 9.54. The van der Waals surface area contributed by atoms with Crippen LogP contribution in [0.25, 0.3) is 0 Å². The Balaban J connectivity index is 2.06. The van der Waals surface area contributed by atoms with Crippen LogP contribution in [0.1, 0.15) is 6.42 Å². The first-order valence-corrected chi connectivity index (χ1v) is 5.71. The first kappa shape index (κ1) is 12.1. The molecular formula is C11H17N3O3. The Morgan fingerprint density at radius 1 is 1.35 bits per heavy atom. The summed E-state index contributed by atoms with van der Waals surface area (Å²) in [6.45, 7) is 1.04. The number of hydrogen-bond donors (Lipinski definition) is 2. The van der Waals surface area contributed by atoms with Crippen molar-refractivity contribution >= 4 is 11.8 Å². The van der Waals surface area contributed by atoms with Crippen molar-refractivity contribution in [3.8, 4) is 0 Å². The van der Waals surface area contributed by atoms with Crippen molar-refractivity contribution in [3.63, 3.8) is 0 Å². The maximum Gasteiger partial charge on any atom is 0.242 e. The van der Waals surface area contributed by atoms with Crippen molar-refractivity contribution in [3.05, 3.63) is 12.2 Å². The Morgan fingerprint density at radius 3 is 2.71 bits per heavy atom. The molecule has 2 aliphatic rings. The van der Waals surface area contributed by atoms with E-state index < -0.39 is 11.9 Å². The minimum Gasteiger partial charge on any atom is -0.377 e. The van der Waals surface area contributed by atoms with Gasteiger partial charge in [-0.05, 0) is 6.42 Å². The molecule has 94 valence electrons. The zero-order chi connectivity index (χ0) is 12.4. The third kappa shape index (κ3) is 2.48. The zero-order valence-corrected chi connectivity index (χ0v) is 9.54. The highest BCUT2D eigenvalue weighted by molar-refractivity contribution is 5.89. The first-order valence-electron chi connectivity index (χ1n) is 5.71. The molecule has 6 nitrogen and oxygen atoms in total. The molecule has 0 aromatic rings. The Hall–Kier alpha value is -1.40. The van der Waals surface area contributed by atoms with E-state index >= 15 is 0 Å². The van der Waals surface area contributed by atoms with E-state index in [4.69, 9.17) is 16.2 Å². The number of primary amides is 1. The summed E-state index contributed by atoms with van der Waals surface area (Å²) < 4.78 is 5.17. The molecule has 0 aromatic heterocycles. The summed E-state index contributed by atoms with van der Waals surface area (Å²) in [5, 5.41) is 0. The molecule has 2 amide bonds. The van der Waals surface area contributed by atoms with Gasteiger partial charge in [-0.2, -0.15) is 0 Å². The largest absolute Gasteiger partial charge is 0.377 e. The summed E-state index contributed by atoms with van der Waals surface area (Å²) >= 11 is 0. The monoisotopic (exact) mass is 239 g/mol. The summed E-state index contributed by atoms with van der Waals surface area (Å²) in [6, 6.07) is -0.724. The molecule has 3 unspecified atom stereocenters. The van der Waals surface area contributed by atoms with Crippen LogP contribution in [0.4, 0.5) is 0 Å². The van der Waals surface area contributed by atoms with Gasteiger partial charge in [0, 0.05) is 12.6 Å². The van der Waals surface area contributed by atoms with E-state index in [9.17, 15) is 9.59 Å². The molecule has 1 aliphatic heterocycles. The molecule has 6 heteroatoms. The van der Waals surface area contributed by atoms with E-state index in [1.807, 2.05) is 6.08 Å². The standard InChI is InChI=1S/C11H17N3O3/c12-8-2-1-7(5-8)11(16)14-3-4-17-6-9(14)10(13)15/h1-2,7-9H,3-6,12H2,(H2,13,15). The number of hydrogen-bond acceptors (Lipinski definition) is 4. The fraction of sp³-hybridized carbons (Fsp3) is 0.636. The molecule has 0 radical (unpaired) electrons. The first-order chi connectivity index (χ1) is 8.09. The van der Waals surface area contributed by atoms with E-state index in [2.05, 4.69) is 0 Å². The summed E-state index contributed by atoms with van der Waals surface area (Å²) in [5.41, 5.74) is 11.0. The maximum atomic E-state index is 12.2. The number of rotatable bonds is 2. The second-order valence-electron chi connectivity index (χ2n) is 4.42. The third-order valence-electron chi connectivity index (χ3n) is 3.17. The van der Waals surface area contributed by atoms with Crippen LogP contribution in [-0.2, 0) is 14.3 Å². The highest BCUT2D eigenvalue weighted by Gasteiger charge is 2.35. The van der Waals surface area contributed by atoms with Crippen molar-refractivity contribution in [2.75, 3.05) is 19.8 Å². The number of carbonyl (C=O) groups is 2. The van der Waals surface area contributed by atoms with Gasteiger partial charge in [0.1, 0.15) is 6.04 Å². The van der Waals surface area contributed by atoms with Gasteiger partial charge in [0.15, 0.2) is 0 Å². The Morgan fingerprint density at radius 2 is 2.12 bits per heavy atom. The predicted octanol–water partition coefficient (Wildman–Crippen LogP) is -1.40. The molecule has 0 bridgehead atoms. The lowest BCUT2D eigenvalue weighted by atomic mass is 10.0. The summed E-state index contributed by atoms with van der Waals surface area (Å²) in [7, 11) is 0. The molecule has 1 saturated heterocycles. The number of morpholine rings is 1. The van der Waals surface area contributed by atoms with E-state index in [0.717, 1.165) is 0 Å². The van der Waals surface area contributed by atoms with Crippen LogP contribution in [0, 0.1) is 5.92 Å². The van der Waals surface area contributed by atoms with Crippen molar-refractivity contribution < 1.29 is 14.3 Å². The fourth-order valence-electron chi connectivity index (χ4n) is 2.23. The van der Waals surface area contributed by atoms with Gasteiger partial charge < -0.3 is 21.1 Å². The normalized spacial score (nSPS) is 32.8. The van der Waals surface area contributed by atoms with Gasteiger partial charge in [-0.25, -0.2) is 0 Å². The summed E-state index contributed by atoms with van der Waals surface area (Å²) in [6.07, 6.45) is 4.23. The van der Waals surface area contributed by atoms with Crippen molar-refractivity contribution in [2.24, 2.45) is 17.4 Å². The van der Waals surface area contributed by atoms with Gasteiger partial charge in [-0.1, -0.05) is 12.2 Å². The van der Waals surface area contributed by atoms with Crippen molar-refractivity contribution in [1.82, 2.24) is 4.90 Å². The van der Waals surface area contributed by atoms with Crippen LogP contribution >= 0.6 is 0 Å². The molecule has 2 rings (SSSR count). The van der Waals surface area contributed by atoms with Crippen molar-refractivity contribution in [2.45, 2.75) is 18.5 Å². The Labute approximate surface area is 99.6 Å². The molecule has 3 atom stereocenters. The predicted molar refractivity (Wildman–Crippen MR) is 60.7 cm³/mol. The average Bonchev–Trinajstić information content (AvgIpc) is 2.75. The van der Waals surface area contributed by atoms with Crippen LogP contribution in [0.15, 0.2) is 12.2 Å². The van der Waals surface area contributed by atoms with E-state index in [1.165, 1.54) is 4.90 Å². The molecule has 17 heavy (non-hydrogen) atoms. The molecule has 0 saturated carbocycles. The maximum absolute atomic E-state index is 12.2. The SMILES string of the molecule is NC(=O)C1COCCN1C(=O)C1C=CC(N)C1. The highest BCUT2D eigenvalue weighted by Crippen LogP contribution is 2.21. The smallest absolute Gasteiger partial charge is 0.242 e. The van der Waals surface area contributed by atoms with Gasteiger partial charge in [0.25, 0.3) is 0 Å². The lowest BCUT2D eigenvalue weighted by molar-refractivity contribution is -0.149. The molecule has 1 aliphatic carbocycles. The van der Waals surface area contributed by atoms with Gasteiger partial charge in [-0.15, -0.1) is 0 Å². The number of amides is 2. The summed E-state index contributed by atoms with van der Waals surface area (Å²) in [4.78, 5) is 25.0. The summed E-state index contributed by atoms with van der Waals surface area (Å²) in [5.74, 6) is -0.837. The Kier molecular flexibility index (Phi) is 3.44. The molecule has 0 spiro atoms. The quantitative estimate of drug-likeness (QED) is 0.579. The van der Waals surface area contributed by atoms with Gasteiger partial charge in [0.2, 0.25) is 11.8 Å². The minimum absolute atomic E-state index is 0.0722. The number of nitrogens with two attached hydrogens (primary N) is 2. The molecule has 1 fully saturated rings. The second kappa shape index (κ2) is 4.85. The van der Waals surface area contributed by atoms with E-state index in [1.54, 1.807) is 6.08 Å². The van der Waals surface area contributed by atoms with Gasteiger partial charge in [-0.3, -0.25) is 9.59 Å². The van der Waals surface area contributed by atoms with Crippen LogP contribution in [-0.4, -0.2) is 48.6 Å². The van der Waals surface area contributed by atoms with Crippen LogP contribution in [0.2, 0.25) is 0 Å². The van der Waals surface area contributed by atoms with Crippen LogP contribution in [0.5, 0.6) is 0 Å².